The maximum atomic E-state index is 10.7. The van der Waals surface area contributed by atoms with Gasteiger partial charge in [0, 0.05) is 12.8 Å². The molecule has 0 aromatic rings. The number of aliphatic hydroxyl groups is 5. The minimum absolute atomic E-state index is 0.301. The lowest BCUT2D eigenvalue weighted by molar-refractivity contribution is -0.297. The van der Waals surface area contributed by atoms with E-state index in [0.717, 1.165) is 0 Å². The van der Waals surface area contributed by atoms with Crippen LogP contribution >= 0.6 is 0 Å². The number of rotatable bonds is 4. The largest absolute Gasteiger partial charge is 0.477 e. The molecule has 100 valence electrons. The zero-order chi connectivity index (χ0) is 13.2. The van der Waals surface area contributed by atoms with E-state index in [1.807, 2.05) is 0 Å². The van der Waals surface area contributed by atoms with E-state index in [0.29, 0.717) is 0 Å². The van der Waals surface area contributed by atoms with Crippen LogP contribution in [0, 0.1) is 0 Å². The van der Waals surface area contributed by atoms with Crippen molar-refractivity contribution in [2.24, 2.45) is 0 Å². The topological polar surface area (TPSA) is 148 Å². The average Bonchev–Trinajstić information content (AvgIpc) is 2.25. The molecular formula is C9H16O8. The van der Waals surface area contributed by atoms with Crippen molar-refractivity contribution in [1.29, 1.82) is 0 Å². The number of hydrogen-bond acceptors (Lipinski definition) is 7. The Morgan fingerprint density at radius 3 is 2.53 bits per heavy atom. The van der Waals surface area contributed by atoms with Gasteiger partial charge in [0.05, 0.1) is 24.9 Å². The van der Waals surface area contributed by atoms with Gasteiger partial charge in [0.15, 0.2) is 0 Å². The molecule has 1 saturated heterocycles. The van der Waals surface area contributed by atoms with Crippen LogP contribution in [0.5, 0.6) is 0 Å². The summed E-state index contributed by atoms with van der Waals surface area (Å²) in [6.07, 6.45) is -6.41. The molecule has 1 heterocycles. The second-order valence-electron chi connectivity index (χ2n) is 4.08. The van der Waals surface area contributed by atoms with Gasteiger partial charge < -0.3 is 35.4 Å². The van der Waals surface area contributed by atoms with E-state index in [-0.39, 0.29) is 6.42 Å². The van der Waals surface area contributed by atoms with Gasteiger partial charge in [-0.2, -0.15) is 0 Å². The van der Waals surface area contributed by atoms with Crippen molar-refractivity contribution < 1.29 is 40.2 Å². The number of carbonyl (C=O) groups is 1. The molecular weight excluding hydrogens is 236 g/mol. The molecule has 1 rings (SSSR count). The summed E-state index contributed by atoms with van der Waals surface area (Å²) >= 11 is 0. The first-order valence-corrected chi connectivity index (χ1v) is 5.09. The van der Waals surface area contributed by atoms with Crippen LogP contribution in [0.2, 0.25) is 0 Å². The van der Waals surface area contributed by atoms with Gasteiger partial charge in [-0.15, -0.1) is 0 Å². The summed E-state index contributed by atoms with van der Waals surface area (Å²) in [6, 6.07) is 0. The monoisotopic (exact) mass is 252 g/mol. The third-order valence-electron chi connectivity index (χ3n) is 2.66. The molecule has 5 atom stereocenters. The number of carboxylic acid groups (broad SMARTS) is 1. The number of aliphatic hydroxyl groups excluding tert-OH is 4. The Labute approximate surface area is 96.7 Å². The van der Waals surface area contributed by atoms with Gasteiger partial charge in [0.25, 0.3) is 5.79 Å². The quantitative estimate of drug-likeness (QED) is 0.310. The highest BCUT2D eigenvalue weighted by atomic mass is 16.7. The van der Waals surface area contributed by atoms with Gasteiger partial charge in [-0.1, -0.05) is 0 Å². The summed E-state index contributed by atoms with van der Waals surface area (Å²) in [5.41, 5.74) is 0. The number of carboxylic acids is 1. The zero-order valence-corrected chi connectivity index (χ0v) is 8.93. The average molecular weight is 252 g/mol. The molecule has 8 nitrogen and oxygen atoms in total. The molecule has 17 heavy (non-hydrogen) atoms. The lowest BCUT2D eigenvalue weighted by Gasteiger charge is -2.40. The van der Waals surface area contributed by atoms with Crippen LogP contribution in [0.25, 0.3) is 0 Å². The third kappa shape index (κ3) is 3.12. The van der Waals surface area contributed by atoms with Crippen LogP contribution in [0.15, 0.2) is 0 Å². The Hall–Kier alpha value is -0.770. The summed E-state index contributed by atoms with van der Waals surface area (Å²) in [4.78, 5) is 10.7. The first-order chi connectivity index (χ1) is 7.80. The third-order valence-corrected chi connectivity index (χ3v) is 2.66. The highest BCUT2D eigenvalue weighted by molar-refractivity contribution is 5.75. The van der Waals surface area contributed by atoms with E-state index in [9.17, 15) is 25.2 Å². The maximum Gasteiger partial charge on any atom is 0.364 e. The van der Waals surface area contributed by atoms with E-state index in [1.165, 1.54) is 0 Å². The van der Waals surface area contributed by atoms with Crippen LogP contribution in [-0.4, -0.2) is 73.4 Å². The fraction of sp³-hybridized carbons (Fsp3) is 0.889. The van der Waals surface area contributed by atoms with Gasteiger partial charge in [-0.3, -0.25) is 0 Å². The van der Waals surface area contributed by atoms with E-state index >= 15 is 0 Å². The van der Waals surface area contributed by atoms with Gasteiger partial charge in [0.2, 0.25) is 0 Å². The highest BCUT2D eigenvalue weighted by Crippen LogP contribution is 2.29. The Balaban J connectivity index is 2.78. The molecule has 0 aliphatic carbocycles. The fourth-order valence-electron chi connectivity index (χ4n) is 1.69. The molecule has 0 aromatic carbocycles. The molecule has 1 fully saturated rings. The summed E-state index contributed by atoms with van der Waals surface area (Å²) < 4.78 is 4.77. The van der Waals surface area contributed by atoms with Gasteiger partial charge in [0.1, 0.15) is 6.10 Å². The number of hydrogen-bond donors (Lipinski definition) is 6. The molecule has 1 aliphatic heterocycles. The SMILES string of the molecule is O=C(O)[C@]1(O)C[C@@H](O)[C@@H](O)C(CC(O)CO)O1. The highest BCUT2D eigenvalue weighted by Gasteiger charge is 2.50. The van der Waals surface area contributed by atoms with Crippen molar-refractivity contribution in [3.8, 4) is 0 Å². The van der Waals surface area contributed by atoms with Gasteiger partial charge >= 0.3 is 5.97 Å². The molecule has 0 radical (unpaired) electrons. The normalized spacial score (nSPS) is 39.9. The molecule has 8 heteroatoms. The molecule has 2 unspecified atom stereocenters. The zero-order valence-electron chi connectivity index (χ0n) is 8.93. The first kappa shape index (κ1) is 14.3. The summed E-state index contributed by atoms with van der Waals surface area (Å²) in [6.45, 7) is -0.603. The van der Waals surface area contributed by atoms with E-state index < -0.39 is 49.2 Å². The van der Waals surface area contributed by atoms with Crippen molar-refractivity contribution in [3.63, 3.8) is 0 Å². The Kier molecular flexibility index (Phi) is 4.42. The van der Waals surface area contributed by atoms with E-state index in [1.54, 1.807) is 0 Å². The van der Waals surface area contributed by atoms with Crippen molar-refractivity contribution in [2.45, 2.75) is 43.0 Å². The van der Waals surface area contributed by atoms with E-state index in [4.69, 9.17) is 14.9 Å². The van der Waals surface area contributed by atoms with Crippen LogP contribution in [0.3, 0.4) is 0 Å². The second kappa shape index (κ2) is 5.25. The second-order valence-corrected chi connectivity index (χ2v) is 4.08. The fourth-order valence-corrected chi connectivity index (χ4v) is 1.69. The van der Waals surface area contributed by atoms with Gasteiger partial charge in [-0.25, -0.2) is 4.79 Å². The standard InChI is InChI=1S/C9H16O8/c10-3-4(11)1-6-7(13)5(12)2-9(16,17-6)8(14)15/h4-7,10-13,16H,1-3H2,(H,14,15)/t4?,5-,6?,7-,9+/m1/s1. The maximum absolute atomic E-state index is 10.7. The summed E-state index contributed by atoms with van der Waals surface area (Å²) in [7, 11) is 0. The van der Waals surface area contributed by atoms with Crippen LogP contribution in [0.4, 0.5) is 0 Å². The molecule has 0 amide bonds. The number of ether oxygens (including phenoxy) is 1. The molecule has 0 bridgehead atoms. The minimum Gasteiger partial charge on any atom is -0.477 e. The predicted octanol–water partition coefficient (Wildman–Crippen LogP) is -2.99. The van der Waals surface area contributed by atoms with Crippen LogP contribution in [-0.2, 0) is 9.53 Å². The van der Waals surface area contributed by atoms with Gasteiger partial charge in [-0.05, 0) is 0 Å². The molecule has 0 spiro atoms. The Bertz CT molecular complexity index is 282. The lowest BCUT2D eigenvalue weighted by atomic mass is 9.92. The van der Waals surface area contributed by atoms with Crippen molar-refractivity contribution in [1.82, 2.24) is 0 Å². The summed E-state index contributed by atoms with van der Waals surface area (Å²) in [5, 5.41) is 55.0. The van der Waals surface area contributed by atoms with Crippen LogP contribution < -0.4 is 0 Å². The molecule has 6 N–H and O–H groups in total. The van der Waals surface area contributed by atoms with Crippen molar-refractivity contribution in [3.05, 3.63) is 0 Å². The Morgan fingerprint density at radius 2 is 2.06 bits per heavy atom. The Morgan fingerprint density at radius 1 is 1.47 bits per heavy atom. The molecule has 1 aliphatic rings. The smallest absolute Gasteiger partial charge is 0.364 e. The lowest BCUT2D eigenvalue weighted by Crippen LogP contribution is -2.58. The first-order valence-electron chi connectivity index (χ1n) is 5.09. The van der Waals surface area contributed by atoms with E-state index in [2.05, 4.69) is 0 Å². The molecule has 0 aromatic heterocycles. The van der Waals surface area contributed by atoms with Crippen molar-refractivity contribution >= 4 is 5.97 Å². The molecule has 0 saturated carbocycles. The predicted molar refractivity (Wildman–Crippen MR) is 51.8 cm³/mol. The number of aliphatic carboxylic acids is 1. The minimum atomic E-state index is -2.60. The summed E-state index contributed by atoms with van der Waals surface area (Å²) in [5.74, 6) is -4.29. The van der Waals surface area contributed by atoms with Crippen LogP contribution in [0.1, 0.15) is 12.8 Å². The van der Waals surface area contributed by atoms with Crippen molar-refractivity contribution in [2.75, 3.05) is 6.61 Å².